The zero-order valence-corrected chi connectivity index (χ0v) is 11.1. The molecule has 1 saturated heterocycles. The van der Waals surface area contributed by atoms with E-state index >= 15 is 0 Å². The fourth-order valence-corrected chi connectivity index (χ4v) is 2.28. The third kappa shape index (κ3) is 2.79. The number of aliphatic carboxylic acids is 1. The van der Waals surface area contributed by atoms with Gasteiger partial charge in [0.05, 0.1) is 0 Å². The number of hydrogen-bond acceptors (Lipinski definition) is 3. The van der Waals surface area contributed by atoms with Crippen LogP contribution in [0, 0.1) is 0 Å². The molecule has 0 bridgehead atoms. The van der Waals surface area contributed by atoms with E-state index in [1.165, 1.54) is 4.90 Å². The van der Waals surface area contributed by atoms with Gasteiger partial charge in [0.25, 0.3) is 0 Å². The number of benzene rings is 1. The first kappa shape index (κ1) is 14.0. The van der Waals surface area contributed by atoms with Crippen LogP contribution in [0.25, 0.3) is 0 Å². The van der Waals surface area contributed by atoms with Crippen LogP contribution in [-0.2, 0) is 14.4 Å². The van der Waals surface area contributed by atoms with Crippen molar-refractivity contribution in [2.24, 2.45) is 0 Å². The van der Waals surface area contributed by atoms with E-state index in [1.54, 1.807) is 37.4 Å². The van der Waals surface area contributed by atoms with E-state index in [9.17, 15) is 19.5 Å². The van der Waals surface area contributed by atoms with Crippen LogP contribution in [0.5, 0.6) is 0 Å². The number of hydrogen-bond donors (Lipinski definition) is 2. The number of likely N-dealkylation sites (N-methyl/N-ethyl adjacent to an activating group) is 1. The second-order valence-electron chi connectivity index (χ2n) is 4.75. The molecular weight excluding hydrogens is 260 g/mol. The van der Waals surface area contributed by atoms with Gasteiger partial charge < -0.3 is 15.3 Å². The van der Waals surface area contributed by atoms with Crippen LogP contribution in [0.1, 0.15) is 24.4 Å². The Balaban J connectivity index is 2.12. The first-order valence-electron chi connectivity index (χ1n) is 6.34. The lowest BCUT2D eigenvalue weighted by atomic mass is 10.1. The molecule has 20 heavy (non-hydrogen) atoms. The highest BCUT2D eigenvalue weighted by atomic mass is 16.4. The van der Waals surface area contributed by atoms with Gasteiger partial charge in [-0.2, -0.15) is 0 Å². The normalized spacial score (nSPS) is 19.8. The summed E-state index contributed by atoms with van der Waals surface area (Å²) in [6, 6.07) is 6.78. The van der Waals surface area contributed by atoms with Crippen molar-refractivity contribution in [1.29, 1.82) is 0 Å². The molecule has 0 aromatic heterocycles. The van der Waals surface area contributed by atoms with Gasteiger partial charge in [0.2, 0.25) is 11.8 Å². The highest BCUT2D eigenvalue weighted by Crippen LogP contribution is 2.19. The Morgan fingerprint density at radius 3 is 2.50 bits per heavy atom. The molecule has 106 valence electrons. The van der Waals surface area contributed by atoms with Crippen molar-refractivity contribution in [2.75, 3.05) is 7.05 Å². The number of carboxylic acids is 1. The molecule has 6 nitrogen and oxygen atoms in total. The molecule has 0 saturated carbocycles. The van der Waals surface area contributed by atoms with E-state index in [4.69, 9.17) is 0 Å². The molecule has 1 aliphatic rings. The van der Waals surface area contributed by atoms with Crippen molar-refractivity contribution >= 4 is 17.8 Å². The quantitative estimate of drug-likeness (QED) is 0.840. The van der Waals surface area contributed by atoms with Crippen LogP contribution < -0.4 is 5.32 Å². The zero-order chi connectivity index (χ0) is 14.7. The van der Waals surface area contributed by atoms with Crippen LogP contribution in [0.15, 0.2) is 30.3 Å². The molecule has 0 aliphatic carbocycles. The monoisotopic (exact) mass is 276 g/mol. The molecule has 0 radical (unpaired) electrons. The lowest BCUT2D eigenvalue weighted by Crippen LogP contribution is -2.45. The Kier molecular flexibility index (Phi) is 4.02. The van der Waals surface area contributed by atoms with Gasteiger partial charge in [0, 0.05) is 13.5 Å². The summed E-state index contributed by atoms with van der Waals surface area (Å²) in [5, 5.41) is 11.7. The molecule has 2 amide bonds. The number of rotatable bonds is 4. The highest BCUT2D eigenvalue weighted by Gasteiger charge is 2.35. The van der Waals surface area contributed by atoms with Crippen LogP contribution in [0.4, 0.5) is 0 Å². The van der Waals surface area contributed by atoms with Gasteiger partial charge >= 0.3 is 5.97 Å². The average Bonchev–Trinajstić information content (AvgIpc) is 2.77. The van der Waals surface area contributed by atoms with Crippen molar-refractivity contribution in [3.63, 3.8) is 0 Å². The Labute approximate surface area is 116 Å². The second kappa shape index (κ2) is 5.73. The molecule has 1 fully saturated rings. The predicted octanol–water partition coefficient (Wildman–Crippen LogP) is 0.549. The second-order valence-corrected chi connectivity index (χ2v) is 4.75. The van der Waals surface area contributed by atoms with E-state index in [0.717, 1.165) is 0 Å². The van der Waals surface area contributed by atoms with Crippen LogP contribution in [0.3, 0.4) is 0 Å². The predicted molar refractivity (Wildman–Crippen MR) is 70.8 cm³/mol. The molecule has 1 heterocycles. The molecule has 1 unspecified atom stereocenters. The summed E-state index contributed by atoms with van der Waals surface area (Å²) in [4.78, 5) is 36.2. The maximum atomic E-state index is 12.1. The molecule has 1 aromatic carbocycles. The minimum Gasteiger partial charge on any atom is -0.479 e. The summed E-state index contributed by atoms with van der Waals surface area (Å²) in [6.07, 6.45) is 0.736. The number of amides is 2. The molecule has 6 heteroatoms. The molecule has 2 N–H and O–H groups in total. The molecular formula is C14H16N2O4. The van der Waals surface area contributed by atoms with E-state index in [0.29, 0.717) is 18.4 Å². The standard InChI is InChI=1S/C14H16N2O4/c1-16-10(7-8-11(16)17)13(18)15-12(14(19)20)9-5-3-2-4-6-9/h2-6,10,12H,7-8H2,1H3,(H,15,18)(H,19,20)/t10?,12-/m0/s1. The third-order valence-corrected chi connectivity index (χ3v) is 3.46. The molecule has 2 atom stereocenters. The van der Waals surface area contributed by atoms with Crippen LogP contribution >= 0.6 is 0 Å². The van der Waals surface area contributed by atoms with Gasteiger partial charge in [0.15, 0.2) is 6.04 Å². The number of carbonyl (C=O) groups excluding carboxylic acids is 2. The summed E-state index contributed by atoms with van der Waals surface area (Å²) in [6.45, 7) is 0. The van der Waals surface area contributed by atoms with Crippen molar-refractivity contribution in [3.8, 4) is 0 Å². The Morgan fingerprint density at radius 2 is 2.00 bits per heavy atom. The number of carboxylic acid groups (broad SMARTS) is 1. The van der Waals surface area contributed by atoms with E-state index in [1.807, 2.05) is 0 Å². The summed E-state index contributed by atoms with van der Waals surface area (Å²) in [5.74, 6) is -1.66. The van der Waals surface area contributed by atoms with Gasteiger partial charge in [-0.1, -0.05) is 30.3 Å². The number of nitrogens with zero attached hydrogens (tertiary/aromatic N) is 1. The van der Waals surface area contributed by atoms with E-state index in [2.05, 4.69) is 5.32 Å². The summed E-state index contributed by atoms with van der Waals surface area (Å²) in [5.41, 5.74) is 0.500. The highest BCUT2D eigenvalue weighted by molar-refractivity contribution is 5.93. The lowest BCUT2D eigenvalue weighted by molar-refractivity contribution is -0.143. The first-order valence-corrected chi connectivity index (χ1v) is 6.34. The maximum Gasteiger partial charge on any atom is 0.330 e. The van der Waals surface area contributed by atoms with Gasteiger partial charge in [0.1, 0.15) is 6.04 Å². The summed E-state index contributed by atoms with van der Waals surface area (Å²) < 4.78 is 0. The summed E-state index contributed by atoms with van der Waals surface area (Å²) >= 11 is 0. The molecule has 1 aromatic rings. The minimum absolute atomic E-state index is 0.100. The van der Waals surface area contributed by atoms with Crippen molar-refractivity contribution in [2.45, 2.75) is 24.9 Å². The first-order chi connectivity index (χ1) is 9.50. The molecule has 0 spiro atoms. The Morgan fingerprint density at radius 1 is 1.35 bits per heavy atom. The summed E-state index contributed by atoms with van der Waals surface area (Å²) in [7, 11) is 1.55. The van der Waals surface area contributed by atoms with Crippen molar-refractivity contribution in [3.05, 3.63) is 35.9 Å². The van der Waals surface area contributed by atoms with Gasteiger partial charge in [-0.05, 0) is 12.0 Å². The lowest BCUT2D eigenvalue weighted by Gasteiger charge is -2.22. The third-order valence-electron chi connectivity index (χ3n) is 3.46. The fraction of sp³-hybridized carbons (Fsp3) is 0.357. The smallest absolute Gasteiger partial charge is 0.330 e. The zero-order valence-electron chi connectivity index (χ0n) is 11.1. The van der Waals surface area contributed by atoms with Crippen LogP contribution in [0.2, 0.25) is 0 Å². The van der Waals surface area contributed by atoms with Gasteiger partial charge in [-0.3, -0.25) is 9.59 Å². The fourth-order valence-electron chi connectivity index (χ4n) is 2.28. The average molecular weight is 276 g/mol. The van der Waals surface area contributed by atoms with Gasteiger partial charge in [-0.15, -0.1) is 0 Å². The SMILES string of the molecule is CN1C(=O)CCC1C(=O)N[C@H](C(=O)O)c1ccccc1. The topological polar surface area (TPSA) is 86.7 Å². The number of carbonyl (C=O) groups is 3. The number of nitrogens with one attached hydrogen (secondary N) is 1. The number of likely N-dealkylation sites (tertiary alicyclic amines) is 1. The minimum atomic E-state index is -1.13. The van der Waals surface area contributed by atoms with Crippen molar-refractivity contribution in [1.82, 2.24) is 10.2 Å². The maximum absolute atomic E-state index is 12.1. The van der Waals surface area contributed by atoms with E-state index < -0.39 is 24.0 Å². The Bertz CT molecular complexity index is 529. The van der Waals surface area contributed by atoms with Crippen LogP contribution in [-0.4, -0.2) is 40.9 Å². The van der Waals surface area contributed by atoms with E-state index in [-0.39, 0.29) is 5.91 Å². The molecule has 1 aliphatic heterocycles. The van der Waals surface area contributed by atoms with Gasteiger partial charge in [-0.25, -0.2) is 4.79 Å². The van der Waals surface area contributed by atoms with Crippen molar-refractivity contribution < 1.29 is 19.5 Å². The largest absolute Gasteiger partial charge is 0.479 e. The Hall–Kier alpha value is -2.37. The molecule has 2 rings (SSSR count).